The van der Waals surface area contributed by atoms with Gasteiger partial charge in [0.1, 0.15) is 11.9 Å². The number of imidazole rings is 1. The van der Waals surface area contributed by atoms with Crippen LogP contribution in [0.2, 0.25) is 0 Å². The van der Waals surface area contributed by atoms with Crippen molar-refractivity contribution in [2.45, 2.75) is 32.4 Å². The fourth-order valence-electron chi connectivity index (χ4n) is 3.76. The first-order valence-electron chi connectivity index (χ1n) is 9.06. The summed E-state index contributed by atoms with van der Waals surface area (Å²) in [4.78, 5) is 13.0. The zero-order chi connectivity index (χ0) is 18.1. The standard InChI is InChI=1S/C22H23N2O2/c1-16(22(25)18-10-12-19(26-2)13-11-18)24-15-20(17-7-4-3-5-8-17)23-14-6-9-21(23)24/h3-5,7-8,10-13,15-16H,6,9,14H2,1-2H3/q+1/t16-/m1/s1. The van der Waals surface area contributed by atoms with Crippen LogP contribution in [0.25, 0.3) is 11.3 Å². The Kier molecular flexibility index (Phi) is 4.33. The number of rotatable bonds is 5. The summed E-state index contributed by atoms with van der Waals surface area (Å²) in [6.07, 6.45) is 4.27. The molecule has 2 aromatic carbocycles. The molecule has 0 spiro atoms. The third kappa shape index (κ3) is 2.81. The number of Topliss-reactive ketones (excluding diaryl/α,β-unsaturated/α-hetero) is 1. The van der Waals surface area contributed by atoms with E-state index in [1.165, 1.54) is 17.1 Å². The van der Waals surface area contributed by atoms with Gasteiger partial charge in [0.15, 0.2) is 11.7 Å². The average Bonchev–Trinajstić information content (AvgIpc) is 3.30. The van der Waals surface area contributed by atoms with Gasteiger partial charge < -0.3 is 4.74 Å². The molecule has 0 bridgehead atoms. The Morgan fingerprint density at radius 1 is 1.12 bits per heavy atom. The first kappa shape index (κ1) is 16.6. The minimum atomic E-state index is -0.236. The van der Waals surface area contributed by atoms with Gasteiger partial charge in [0.05, 0.1) is 20.1 Å². The summed E-state index contributed by atoms with van der Waals surface area (Å²) in [5.41, 5.74) is 3.09. The van der Waals surface area contributed by atoms with Crippen molar-refractivity contribution in [1.82, 2.24) is 4.57 Å². The van der Waals surface area contributed by atoms with E-state index in [1.54, 1.807) is 7.11 Å². The summed E-state index contributed by atoms with van der Waals surface area (Å²) in [6, 6.07) is 17.5. The van der Waals surface area contributed by atoms with E-state index in [-0.39, 0.29) is 11.8 Å². The van der Waals surface area contributed by atoms with Crippen LogP contribution in [0.1, 0.15) is 35.6 Å². The van der Waals surface area contributed by atoms with Crippen molar-refractivity contribution >= 4 is 5.78 Å². The number of aromatic nitrogens is 2. The molecule has 26 heavy (non-hydrogen) atoms. The normalized spacial score (nSPS) is 14.1. The molecule has 0 radical (unpaired) electrons. The molecule has 4 nitrogen and oxygen atoms in total. The lowest BCUT2D eigenvalue weighted by atomic mass is 10.0. The van der Waals surface area contributed by atoms with Crippen molar-refractivity contribution in [3.63, 3.8) is 0 Å². The minimum Gasteiger partial charge on any atom is -0.497 e. The van der Waals surface area contributed by atoms with Gasteiger partial charge >= 0.3 is 0 Å². The molecule has 0 saturated carbocycles. The number of carbonyl (C=O) groups excluding carboxylic acids is 1. The molecule has 0 saturated heterocycles. The van der Waals surface area contributed by atoms with E-state index < -0.39 is 0 Å². The maximum atomic E-state index is 13.0. The summed E-state index contributed by atoms with van der Waals surface area (Å²) in [5.74, 6) is 2.12. The number of benzene rings is 2. The van der Waals surface area contributed by atoms with Crippen LogP contribution in [0.3, 0.4) is 0 Å². The number of fused-ring (bicyclic) bond motifs is 1. The molecule has 0 amide bonds. The first-order chi connectivity index (χ1) is 12.7. The molecule has 1 aromatic heterocycles. The maximum Gasteiger partial charge on any atom is 0.257 e. The Morgan fingerprint density at radius 2 is 1.85 bits per heavy atom. The van der Waals surface area contributed by atoms with Gasteiger partial charge in [-0.1, -0.05) is 30.3 Å². The highest BCUT2D eigenvalue weighted by Crippen LogP contribution is 2.26. The molecule has 132 valence electrons. The van der Waals surface area contributed by atoms with Crippen LogP contribution in [0.5, 0.6) is 5.75 Å². The van der Waals surface area contributed by atoms with Crippen LogP contribution >= 0.6 is 0 Å². The van der Waals surface area contributed by atoms with E-state index in [9.17, 15) is 4.79 Å². The zero-order valence-corrected chi connectivity index (χ0v) is 15.2. The number of hydrogen-bond donors (Lipinski definition) is 0. The number of ether oxygens (including phenoxy) is 1. The van der Waals surface area contributed by atoms with Crippen LogP contribution < -0.4 is 9.30 Å². The Bertz CT molecular complexity index is 927. The zero-order valence-electron chi connectivity index (χ0n) is 15.2. The van der Waals surface area contributed by atoms with Gasteiger partial charge in [0, 0.05) is 11.1 Å². The van der Waals surface area contributed by atoms with Crippen molar-refractivity contribution in [3.8, 4) is 17.0 Å². The quantitative estimate of drug-likeness (QED) is 0.519. The van der Waals surface area contributed by atoms with Gasteiger partial charge in [-0.3, -0.25) is 4.79 Å². The molecule has 4 heteroatoms. The first-order valence-corrected chi connectivity index (χ1v) is 9.06. The minimum absolute atomic E-state index is 0.123. The highest BCUT2D eigenvalue weighted by molar-refractivity contribution is 5.97. The highest BCUT2D eigenvalue weighted by Gasteiger charge is 2.33. The molecule has 3 aromatic rings. The topological polar surface area (TPSA) is 35.1 Å². The van der Waals surface area contributed by atoms with Gasteiger partial charge in [-0.2, -0.15) is 0 Å². The second-order valence-corrected chi connectivity index (χ2v) is 6.73. The SMILES string of the molecule is COc1ccc(C(=O)[C@@H](C)[n+]2cc(-c3ccccc3)n3c2CCC3)cc1. The molecule has 1 aliphatic rings. The second kappa shape index (κ2) is 6.79. The van der Waals surface area contributed by atoms with Gasteiger partial charge in [-0.05, 0) is 37.6 Å². The van der Waals surface area contributed by atoms with E-state index >= 15 is 0 Å². The Balaban J connectivity index is 1.70. The van der Waals surface area contributed by atoms with Crippen LogP contribution in [-0.4, -0.2) is 17.5 Å². The average molecular weight is 347 g/mol. The van der Waals surface area contributed by atoms with E-state index in [0.29, 0.717) is 5.56 Å². The largest absolute Gasteiger partial charge is 0.497 e. The lowest BCUT2D eigenvalue weighted by Gasteiger charge is -2.09. The van der Waals surface area contributed by atoms with Gasteiger partial charge in [-0.15, -0.1) is 0 Å². The smallest absolute Gasteiger partial charge is 0.257 e. The third-order valence-electron chi connectivity index (χ3n) is 5.18. The number of hydrogen-bond acceptors (Lipinski definition) is 2. The third-order valence-corrected chi connectivity index (χ3v) is 5.18. The number of nitrogens with zero attached hydrogens (tertiary/aromatic N) is 2. The molecule has 4 rings (SSSR count). The number of carbonyl (C=O) groups is 1. The molecule has 2 heterocycles. The van der Waals surface area contributed by atoms with E-state index in [1.807, 2.05) is 37.3 Å². The van der Waals surface area contributed by atoms with Gasteiger partial charge in [0.25, 0.3) is 5.82 Å². The van der Waals surface area contributed by atoms with Crippen LogP contribution in [-0.2, 0) is 13.0 Å². The Hall–Kier alpha value is -2.88. The fourth-order valence-corrected chi connectivity index (χ4v) is 3.76. The van der Waals surface area contributed by atoms with Crippen LogP contribution in [0, 0.1) is 0 Å². The van der Waals surface area contributed by atoms with Crippen molar-refractivity contribution in [1.29, 1.82) is 0 Å². The molecule has 0 unspecified atom stereocenters. The Morgan fingerprint density at radius 3 is 2.54 bits per heavy atom. The Labute approximate surface area is 153 Å². The molecule has 1 atom stereocenters. The summed E-state index contributed by atoms with van der Waals surface area (Å²) in [7, 11) is 1.63. The summed E-state index contributed by atoms with van der Waals surface area (Å²) in [6.45, 7) is 3.00. The molecule has 0 aliphatic carbocycles. The highest BCUT2D eigenvalue weighted by atomic mass is 16.5. The molecule has 1 aliphatic heterocycles. The van der Waals surface area contributed by atoms with Gasteiger partial charge in [-0.25, -0.2) is 9.13 Å². The summed E-state index contributed by atoms with van der Waals surface area (Å²) < 4.78 is 9.70. The molecule has 0 N–H and O–H groups in total. The predicted molar refractivity (Wildman–Crippen MR) is 100 cm³/mol. The monoisotopic (exact) mass is 347 g/mol. The lowest BCUT2D eigenvalue weighted by molar-refractivity contribution is -0.710. The van der Waals surface area contributed by atoms with Crippen molar-refractivity contribution < 1.29 is 14.1 Å². The van der Waals surface area contributed by atoms with E-state index in [0.717, 1.165) is 25.1 Å². The van der Waals surface area contributed by atoms with E-state index in [2.05, 4.69) is 39.6 Å². The molecular weight excluding hydrogens is 324 g/mol. The van der Waals surface area contributed by atoms with Crippen LogP contribution in [0.15, 0.2) is 60.8 Å². The number of ketones is 1. The van der Waals surface area contributed by atoms with Crippen molar-refractivity contribution in [2.75, 3.05) is 7.11 Å². The predicted octanol–water partition coefficient (Wildman–Crippen LogP) is 3.84. The maximum absolute atomic E-state index is 13.0. The summed E-state index contributed by atoms with van der Waals surface area (Å²) in [5, 5.41) is 0. The number of methoxy groups -OCH3 is 1. The second-order valence-electron chi connectivity index (χ2n) is 6.73. The van der Waals surface area contributed by atoms with Crippen LogP contribution in [0.4, 0.5) is 0 Å². The van der Waals surface area contributed by atoms with Gasteiger partial charge in [0.2, 0.25) is 5.78 Å². The van der Waals surface area contributed by atoms with Crippen molar-refractivity contribution in [3.05, 3.63) is 72.2 Å². The molecule has 0 fully saturated rings. The van der Waals surface area contributed by atoms with Crippen molar-refractivity contribution in [2.24, 2.45) is 0 Å². The fraction of sp³-hybridized carbons (Fsp3) is 0.273. The van der Waals surface area contributed by atoms with E-state index in [4.69, 9.17) is 4.74 Å². The summed E-state index contributed by atoms with van der Waals surface area (Å²) >= 11 is 0. The lowest BCUT2D eigenvalue weighted by Crippen LogP contribution is -2.44. The molecular formula is C22H23N2O2+.